The van der Waals surface area contributed by atoms with E-state index in [0.29, 0.717) is 6.54 Å². The van der Waals surface area contributed by atoms with Crippen molar-refractivity contribution >= 4 is 14.2 Å². The number of carbonyl (C=O) groups is 1. The van der Waals surface area contributed by atoms with E-state index in [1.165, 1.54) is 0 Å². The Kier molecular flexibility index (Phi) is 3.42. The van der Waals surface area contributed by atoms with Gasteiger partial charge in [-0.1, -0.05) is 19.6 Å². The van der Waals surface area contributed by atoms with Crippen LogP contribution in [0, 0.1) is 0 Å². The summed E-state index contributed by atoms with van der Waals surface area (Å²) in [5.41, 5.74) is 0. The monoisotopic (exact) mass is 160 g/mol. The lowest BCUT2D eigenvalue weighted by atomic mass is 10.7. The Bertz CT molecular complexity index is 119. The molecule has 10 heavy (non-hydrogen) atoms. The fourth-order valence-electron chi connectivity index (χ4n) is 0.540. The van der Waals surface area contributed by atoms with Crippen LogP contribution in [-0.2, 0) is 0 Å². The Labute approximate surface area is 62.5 Å². The third kappa shape index (κ3) is 7.49. The van der Waals surface area contributed by atoms with Crippen LogP contribution in [0.4, 0.5) is 4.79 Å². The van der Waals surface area contributed by atoms with Gasteiger partial charge in [0.1, 0.15) is 6.09 Å². The van der Waals surface area contributed by atoms with Crippen molar-refractivity contribution in [3.8, 4) is 0 Å². The fraction of sp³-hybridized carbons (Fsp3) is 0.833. The molecular weight excluding hydrogens is 146 g/mol. The fourth-order valence-corrected chi connectivity index (χ4v) is 1.41. The van der Waals surface area contributed by atoms with Gasteiger partial charge in [-0.3, -0.25) is 0 Å². The van der Waals surface area contributed by atoms with Gasteiger partial charge in [0.25, 0.3) is 0 Å². The molecule has 4 heteroatoms. The van der Waals surface area contributed by atoms with E-state index in [0.717, 1.165) is 6.04 Å². The molecule has 0 saturated heterocycles. The molecule has 0 aromatic carbocycles. The molecule has 60 valence electrons. The molecule has 0 aromatic rings. The van der Waals surface area contributed by atoms with Gasteiger partial charge in [0, 0.05) is 14.6 Å². The standard InChI is InChI=1S/C6H15NO2Si/c1-10(2,3)5-4-7-6(8)9/h7H,4-5H2,1-3H3,(H,8,9)/p-1. The maximum absolute atomic E-state index is 9.88. The van der Waals surface area contributed by atoms with E-state index in [1.807, 2.05) is 0 Å². The van der Waals surface area contributed by atoms with E-state index in [-0.39, 0.29) is 0 Å². The molecule has 0 aromatic heterocycles. The molecule has 1 amide bonds. The van der Waals surface area contributed by atoms with Crippen LogP contribution >= 0.6 is 0 Å². The van der Waals surface area contributed by atoms with Crippen molar-refractivity contribution in [2.24, 2.45) is 0 Å². The zero-order valence-electron chi connectivity index (χ0n) is 6.73. The maximum atomic E-state index is 9.88. The first kappa shape index (κ1) is 9.49. The van der Waals surface area contributed by atoms with Crippen molar-refractivity contribution in [1.82, 2.24) is 5.32 Å². The molecule has 0 atom stereocenters. The molecule has 0 heterocycles. The molecule has 0 aliphatic heterocycles. The summed E-state index contributed by atoms with van der Waals surface area (Å²) in [4.78, 5) is 9.88. The summed E-state index contributed by atoms with van der Waals surface area (Å²) in [7, 11) is -1.08. The van der Waals surface area contributed by atoms with Crippen molar-refractivity contribution in [2.45, 2.75) is 25.7 Å². The van der Waals surface area contributed by atoms with Gasteiger partial charge in [-0.2, -0.15) is 0 Å². The van der Waals surface area contributed by atoms with Crippen molar-refractivity contribution in [2.75, 3.05) is 6.54 Å². The van der Waals surface area contributed by atoms with E-state index in [4.69, 9.17) is 0 Å². The summed E-state index contributed by atoms with van der Waals surface area (Å²) in [6, 6.07) is 0.973. The number of carboxylic acid groups (broad SMARTS) is 1. The third-order valence-corrected chi connectivity index (χ3v) is 2.89. The highest BCUT2D eigenvalue weighted by molar-refractivity contribution is 6.76. The Hall–Kier alpha value is -0.513. The van der Waals surface area contributed by atoms with Crippen molar-refractivity contribution in [3.05, 3.63) is 0 Å². The van der Waals surface area contributed by atoms with Crippen molar-refractivity contribution in [3.63, 3.8) is 0 Å². The van der Waals surface area contributed by atoms with E-state index in [1.54, 1.807) is 0 Å². The van der Waals surface area contributed by atoms with Gasteiger partial charge < -0.3 is 15.2 Å². The topological polar surface area (TPSA) is 52.2 Å². The average molecular weight is 160 g/mol. The first-order chi connectivity index (χ1) is 4.42. The van der Waals surface area contributed by atoms with Crippen molar-refractivity contribution in [1.29, 1.82) is 0 Å². The van der Waals surface area contributed by atoms with E-state index >= 15 is 0 Å². The maximum Gasteiger partial charge on any atom is 0.134 e. The van der Waals surface area contributed by atoms with Crippen LogP contribution in [0.2, 0.25) is 25.7 Å². The van der Waals surface area contributed by atoms with Gasteiger partial charge >= 0.3 is 0 Å². The predicted molar refractivity (Wildman–Crippen MR) is 41.6 cm³/mol. The Morgan fingerprint density at radius 2 is 2.00 bits per heavy atom. The summed E-state index contributed by atoms with van der Waals surface area (Å²) in [5.74, 6) is 0. The molecule has 0 aliphatic rings. The number of amides is 1. The minimum absolute atomic E-state index is 0.540. The van der Waals surface area contributed by atoms with Gasteiger partial charge in [0.05, 0.1) is 0 Å². The van der Waals surface area contributed by atoms with Crippen LogP contribution in [-0.4, -0.2) is 20.7 Å². The normalized spacial score (nSPS) is 11.1. The Morgan fingerprint density at radius 3 is 2.30 bits per heavy atom. The average Bonchev–Trinajstić information content (AvgIpc) is 1.59. The van der Waals surface area contributed by atoms with Crippen LogP contribution in [0.1, 0.15) is 0 Å². The molecular formula is C6H14NO2Si-. The number of carbonyl (C=O) groups excluding carboxylic acids is 1. The second kappa shape index (κ2) is 3.61. The van der Waals surface area contributed by atoms with E-state index in [9.17, 15) is 9.90 Å². The van der Waals surface area contributed by atoms with Gasteiger partial charge in [-0.05, 0) is 6.04 Å². The third-order valence-electron chi connectivity index (χ3n) is 1.14. The van der Waals surface area contributed by atoms with Crippen LogP contribution < -0.4 is 10.4 Å². The first-order valence-electron chi connectivity index (χ1n) is 3.37. The van der Waals surface area contributed by atoms with E-state index in [2.05, 4.69) is 25.0 Å². The van der Waals surface area contributed by atoms with Crippen LogP contribution in [0.25, 0.3) is 0 Å². The summed E-state index contributed by atoms with van der Waals surface area (Å²) in [6.45, 7) is 7.13. The molecule has 0 radical (unpaired) electrons. The smallest absolute Gasteiger partial charge is 0.134 e. The molecule has 0 saturated carbocycles. The number of hydrogen-bond acceptors (Lipinski definition) is 2. The molecule has 0 bridgehead atoms. The number of nitrogens with one attached hydrogen (secondary N) is 1. The van der Waals surface area contributed by atoms with Crippen LogP contribution in [0.15, 0.2) is 0 Å². The summed E-state index contributed by atoms with van der Waals surface area (Å²) < 4.78 is 0. The van der Waals surface area contributed by atoms with E-state index < -0.39 is 14.2 Å². The zero-order chi connectivity index (χ0) is 8.20. The SMILES string of the molecule is C[Si](C)(C)CCNC(=O)[O-]. The molecule has 0 aliphatic carbocycles. The zero-order valence-corrected chi connectivity index (χ0v) is 7.73. The number of rotatable bonds is 3. The second-order valence-electron chi connectivity index (χ2n) is 3.52. The lowest BCUT2D eigenvalue weighted by Crippen LogP contribution is -2.39. The van der Waals surface area contributed by atoms with Crippen LogP contribution in [0.5, 0.6) is 0 Å². The molecule has 0 spiro atoms. The highest BCUT2D eigenvalue weighted by Gasteiger charge is 2.11. The van der Waals surface area contributed by atoms with Gasteiger partial charge in [0.15, 0.2) is 0 Å². The molecule has 3 nitrogen and oxygen atoms in total. The summed E-state index contributed by atoms with van der Waals surface area (Å²) in [6.07, 6.45) is -1.17. The Morgan fingerprint density at radius 1 is 1.50 bits per heavy atom. The van der Waals surface area contributed by atoms with Crippen LogP contribution in [0.3, 0.4) is 0 Å². The minimum atomic E-state index is -1.17. The minimum Gasteiger partial charge on any atom is -0.530 e. The van der Waals surface area contributed by atoms with Gasteiger partial charge in [0.2, 0.25) is 0 Å². The highest BCUT2D eigenvalue weighted by Crippen LogP contribution is 2.05. The lowest BCUT2D eigenvalue weighted by Gasteiger charge is -2.16. The largest absolute Gasteiger partial charge is 0.530 e. The van der Waals surface area contributed by atoms with Gasteiger partial charge in [-0.15, -0.1) is 0 Å². The summed E-state index contributed by atoms with van der Waals surface area (Å²) >= 11 is 0. The Balaban J connectivity index is 3.29. The van der Waals surface area contributed by atoms with Gasteiger partial charge in [-0.25, -0.2) is 0 Å². The lowest BCUT2D eigenvalue weighted by molar-refractivity contribution is -0.250. The summed E-state index contributed by atoms with van der Waals surface area (Å²) in [5, 5.41) is 12.1. The molecule has 0 fully saturated rings. The first-order valence-corrected chi connectivity index (χ1v) is 7.07. The molecule has 0 unspecified atom stereocenters. The quantitative estimate of drug-likeness (QED) is 0.602. The predicted octanol–water partition coefficient (Wildman–Crippen LogP) is 0.257. The molecule has 1 N–H and O–H groups in total. The van der Waals surface area contributed by atoms with Crippen molar-refractivity contribution < 1.29 is 9.90 Å². The second-order valence-corrected chi connectivity index (χ2v) is 9.15. The highest BCUT2D eigenvalue weighted by atomic mass is 28.3. The number of hydrogen-bond donors (Lipinski definition) is 1. The molecule has 0 rings (SSSR count).